The minimum atomic E-state index is -4.62. The Balaban J connectivity index is 4.21. The fourth-order valence-electron chi connectivity index (χ4n) is 6.04. The van der Waals surface area contributed by atoms with Gasteiger partial charge in [0.1, 0.15) is 12.1 Å². The second-order valence-electron chi connectivity index (χ2n) is 15.2. The number of esters is 1. The van der Waals surface area contributed by atoms with Crippen molar-refractivity contribution in [3.05, 3.63) is 60.8 Å². The maximum atomic E-state index is 12.6. The van der Waals surface area contributed by atoms with Gasteiger partial charge in [-0.25, -0.2) is 4.57 Å². The van der Waals surface area contributed by atoms with Crippen LogP contribution in [0.2, 0.25) is 0 Å². The number of allylic oxidation sites excluding steroid dienone is 10. The number of hydrogen-bond acceptors (Lipinski definition) is 8. The minimum absolute atomic E-state index is 0.0122. The summed E-state index contributed by atoms with van der Waals surface area (Å²) in [6.07, 6.45) is 51.2. The van der Waals surface area contributed by atoms with Crippen LogP contribution in [-0.2, 0) is 32.7 Å². The van der Waals surface area contributed by atoms with Crippen molar-refractivity contribution in [2.24, 2.45) is 5.73 Å². The van der Waals surface area contributed by atoms with Gasteiger partial charge in [0.05, 0.1) is 19.8 Å². The lowest BCUT2D eigenvalue weighted by atomic mass is 10.0. The highest BCUT2D eigenvalue weighted by molar-refractivity contribution is 7.47. The summed E-state index contributed by atoms with van der Waals surface area (Å²) in [4.78, 5) is 33.6. The maximum absolute atomic E-state index is 12.6. The first kappa shape index (κ1) is 55.7. The van der Waals surface area contributed by atoms with Crippen LogP contribution >= 0.6 is 7.82 Å². The summed E-state index contributed by atoms with van der Waals surface area (Å²) in [7, 11) is -4.62. The van der Waals surface area contributed by atoms with Crippen molar-refractivity contribution in [3.63, 3.8) is 0 Å². The summed E-state index contributed by atoms with van der Waals surface area (Å²) in [5.41, 5.74) is 5.36. The Hall–Kier alpha value is -2.33. The molecule has 0 aliphatic carbocycles. The molecule has 0 heterocycles. The number of nitrogens with two attached hydrogens (primary N) is 1. The van der Waals surface area contributed by atoms with Crippen LogP contribution in [0.3, 0.4) is 0 Å². The number of phosphoric acid groups is 1. The van der Waals surface area contributed by atoms with Crippen LogP contribution in [0.1, 0.15) is 187 Å². The van der Waals surface area contributed by atoms with Crippen molar-refractivity contribution < 1.29 is 42.7 Å². The molecule has 0 saturated heterocycles. The van der Waals surface area contributed by atoms with Crippen LogP contribution < -0.4 is 5.73 Å². The molecule has 0 rings (SSSR count). The van der Waals surface area contributed by atoms with Gasteiger partial charge in [0, 0.05) is 13.0 Å². The number of aliphatic carboxylic acids is 1. The quantitative estimate of drug-likeness (QED) is 0.0234. The molecule has 0 aliphatic rings. The van der Waals surface area contributed by atoms with E-state index in [0.29, 0.717) is 13.0 Å². The number of unbranched alkanes of at least 4 members (excludes halogenated alkanes) is 19. The normalized spacial score (nSPS) is 14.4. The van der Waals surface area contributed by atoms with E-state index in [4.69, 9.17) is 29.4 Å². The molecule has 336 valence electrons. The molecule has 10 nitrogen and oxygen atoms in total. The lowest BCUT2D eigenvalue weighted by molar-refractivity contribution is -0.154. The van der Waals surface area contributed by atoms with Crippen molar-refractivity contribution in [3.8, 4) is 0 Å². The SMILES string of the molecule is CC/C=C\C/C=C\C/C=C\C/C=C\C/C=C\CCCCCCCCCC(=O)OC(COCCCCCCCCCCCCCCC)COP(=O)(O)OCC(N)C(=O)O. The van der Waals surface area contributed by atoms with Gasteiger partial charge in [0.2, 0.25) is 0 Å². The van der Waals surface area contributed by atoms with E-state index in [1.807, 2.05) is 0 Å². The van der Waals surface area contributed by atoms with Gasteiger partial charge in [0.25, 0.3) is 0 Å². The predicted octanol–water partition coefficient (Wildman–Crippen LogP) is 12.8. The van der Waals surface area contributed by atoms with E-state index in [1.54, 1.807) is 0 Å². The third-order valence-electron chi connectivity index (χ3n) is 9.56. The fourth-order valence-corrected chi connectivity index (χ4v) is 6.82. The molecule has 0 radical (unpaired) electrons. The van der Waals surface area contributed by atoms with Crippen LogP contribution in [0.15, 0.2) is 60.8 Å². The van der Waals surface area contributed by atoms with E-state index >= 15 is 0 Å². The van der Waals surface area contributed by atoms with Gasteiger partial charge in [-0.05, 0) is 57.8 Å². The zero-order chi connectivity index (χ0) is 42.6. The van der Waals surface area contributed by atoms with E-state index in [1.165, 1.54) is 83.5 Å². The molecule has 0 aromatic carbocycles. The van der Waals surface area contributed by atoms with Gasteiger partial charge in [-0.1, -0.05) is 184 Å². The zero-order valence-electron chi connectivity index (χ0n) is 36.6. The first-order chi connectivity index (χ1) is 28.2. The lowest BCUT2D eigenvalue weighted by Crippen LogP contribution is -2.34. The molecular formula is C47H84NO9P. The number of phosphoric ester groups is 1. The summed E-state index contributed by atoms with van der Waals surface area (Å²) < 4.78 is 33.4. The molecule has 3 atom stereocenters. The van der Waals surface area contributed by atoms with Crippen LogP contribution in [0.4, 0.5) is 0 Å². The third kappa shape index (κ3) is 41.8. The average molecular weight is 838 g/mol. The Labute approximate surface area is 353 Å². The smallest absolute Gasteiger partial charge is 0.472 e. The van der Waals surface area contributed by atoms with Gasteiger partial charge in [-0.3, -0.25) is 18.6 Å². The average Bonchev–Trinajstić information content (AvgIpc) is 3.20. The maximum Gasteiger partial charge on any atom is 0.472 e. The molecule has 0 aromatic heterocycles. The number of hydrogen-bond donors (Lipinski definition) is 3. The molecule has 58 heavy (non-hydrogen) atoms. The first-order valence-electron chi connectivity index (χ1n) is 22.8. The van der Waals surface area contributed by atoms with Gasteiger partial charge in [-0.15, -0.1) is 0 Å². The largest absolute Gasteiger partial charge is 0.480 e. The van der Waals surface area contributed by atoms with Crippen LogP contribution in [-0.4, -0.2) is 60.5 Å². The zero-order valence-corrected chi connectivity index (χ0v) is 37.5. The summed E-state index contributed by atoms with van der Waals surface area (Å²) in [5, 5.41) is 8.90. The molecule has 0 bridgehead atoms. The van der Waals surface area contributed by atoms with E-state index in [-0.39, 0.29) is 13.0 Å². The molecule has 0 aliphatic heterocycles. The number of carbonyl (C=O) groups excluding carboxylic acids is 1. The van der Waals surface area contributed by atoms with Gasteiger partial charge in [-0.2, -0.15) is 0 Å². The summed E-state index contributed by atoms with van der Waals surface area (Å²) in [5.74, 6) is -1.79. The molecule has 0 aromatic rings. The van der Waals surface area contributed by atoms with Crippen molar-refractivity contribution in [1.82, 2.24) is 0 Å². The van der Waals surface area contributed by atoms with E-state index in [9.17, 15) is 19.0 Å². The number of ether oxygens (including phenoxy) is 2. The van der Waals surface area contributed by atoms with Crippen molar-refractivity contribution in [1.29, 1.82) is 0 Å². The number of carboxylic acids is 1. The topological polar surface area (TPSA) is 155 Å². The van der Waals surface area contributed by atoms with Crippen LogP contribution in [0.5, 0.6) is 0 Å². The van der Waals surface area contributed by atoms with Gasteiger partial charge >= 0.3 is 19.8 Å². The Morgan fingerprint density at radius 2 is 1.00 bits per heavy atom. The number of carbonyl (C=O) groups is 2. The Morgan fingerprint density at radius 1 is 0.569 bits per heavy atom. The van der Waals surface area contributed by atoms with E-state index < -0.39 is 45.1 Å². The molecule has 4 N–H and O–H groups in total. The Kier molecular flexibility index (Phi) is 41.1. The Bertz CT molecular complexity index is 1150. The summed E-state index contributed by atoms with van der Waals surface area (Å²) >= 11 is 0. The molecular weight excluding hydrogens is 753 g/mol. The van der Waals surface area contributed by atoms with Crippen molar-refractivity contribution >= 4 is 19.8 Å². The molecule has 0 amide bonds. The van der Waals surface area contributed by atoms with E-state index in [2.05, 4.69) is 74.6 Å². The van der Waals surface area contributed by atoms with Crippen molar-refractivity contribution in [2.75, 3.05) is 26.4 Å². The first-order valence-corrected chi connectivity index (χ1v) is 24.3. The highest BCUT2D eigenvalue weighted by Crippen LogP contribution is 2.43. The summed E-state index contributed by atoms with van der Waals surface area (Å²) in [6, 6.07) is -1.48. The second-order valence-corrected chi connectivity index (χ2v) is 16.6. The van der Waals surface area contributed by atoms with Gasteiger partial charge in [0.15, 0.2) is 0 Å². The van der Waals surface area contributed by atoms with E-state index in [0.717, 1.165) is 77.0 Å². The third-order valence-corrected chi connectivity index (χ3v) is 10.5. The van der Waals surface area contributed by atoms with Crippen LogP contribution in [0, 0.1) is 0 Å². The second kappa shape index (κ2) is 42.8. The molecule has 0 fully saturated rings. The monoisotopic (exact) mass is 838 g/mol. The lowest BCUT2D eigenvalue weighted by Gasteiger charge is -2.20. The molecule has 3 unspecified atom stereocenters. The molecule has 11 heteroatoms. The molecule has 0 saturated carbocycles. The predicted molar refractivity (Wildman–Crippen MR) is 240 cm³/mol. The molecule has 0 spiro atoms. The minimum Gasteiger partial charge on any atom is -0.480 e. The fraction of sp³-hybridized carbons (Fsp3) is 0.745. The summed E-state index contributed by atoms with van der Waals surface area (Å²) in [6.45, 7) is 3.76. The Morgan fingerprint density at radius 3 is 1.50 bits per heavy atom. The highest BCUT2D eigenvalue weighted by atomic mass is 31.2. The number of rotatable bonds is 43. The van der Waals surface area contributed by atoms with Crippen LogP contribution in [0.25, 0.3) is 0 Å². The van der Waals surface area contributed by atoms with Crippen molar-refractivity contribution in [2.45, 2.75) is 199 Å². The van der Waals surface area contributed by atoms with Gasteiger partial charge < -0.3 is 25.2 Å². The standard InChI is InChI=1S/C47H84NO9P/c1-3-5-7-9-11-13-15-17-18-19-20-21-22-23-24-25-26-27-29-31-33-35-37-39-46(49)57-44(42-55-58(52,53)56-43-45(48)47(50)51)41-54-40-38-36-34-32-30-28-16-14-12-10-8-6-4-2/h5,7,11,13,17-18,20-21,23-24,44-45H,3-4,6,8-10,12,14-16,19,22,25-43,48H2,1-2H3,(H,50,51)(H,52,53)/b7-5-,13-11-,18-17-,21-20-,24-23-. The number of carboxylic acid groups (broad SMARTS) is 1. The highest BCUT2D eigenvalue weighted by Gasteiger charge is 2.27.